The zero-order valence-electron chi connectivity index (χ0n) is 11.7. The summed E-state index contributed by atoms with van der Waals surface area (Å²) in [5.41, 5.74) is 0.114. The summed E-state index contributed by atoms with van der Waals surface area (Å²) in [7, 11) is 1.72. The molecule has 2 aliphatic rings. The molecule has 3 heteroatoms. The number of methoxy groups -OCH3 is 1. The first-order valence-electron chi connectivity index (χ1n) is 7.57. The Hall–Kier alpha value is -0.120. The molecule has 0 bridgehead atoms. The predicted molar refractivity (Wildman–Crippen MR) is 71.6 cm³/mol. The monoisotopic (exact) mass is 256 g/mol. The molecule has 2 unspecified atom stereocenters. The van der Waals surface area contributed by atoms with Crippen molar-refractivity contribution in [2.24, 2.45) is 5.92 Å². The van der Waals surface area contributed by atoms with E-state index < -0.39 is 0 Å². The molecule has 1 aliphatic carbocycles. The fraction of sp³-hybridized carbons (Fsp3) is 1.00. The Morgan fingerprint density at radius 2 is 2.11 bits per heavy atom. The lowest BCUT2D eigenvalue weighted by atomic mass is 9.74. The van der Waals surface area contributed by atoms with Gasteiger partial charge in [0.1, 0.15) is 0 Å². The maximum absolute atomic E-state index is 10.3. The lowest BCUT2D eigenvalue weighted by Crippen LogP contribution is -2.44. The molecular weight excluding hydrogens is 228 g/mol. The quantitative estimate of drug-likeness (QED) is 0.769. The zero-order chi connectivity index (χ0) is 12.8. The van der Waals surface area contributed by atoms with Crippen molar-refractivity contribution >= 4 is 0 Å². The Bertz CT molecular complexity index is 230. The zero-order valence-corrected chi connectivity index (χ0v) is 11.7. The second-order valence-corrected chi connectivity index (χ2v) is 6.05. The summed E-state index contributed by atoms with van der Waals surface area (Å²) in [6, 6.07) is 0. The van der Waals surface area contributed by atoms with E-state index in [-0.39, 0.29) is 11.7 Å². The fourth-order valence-corrected chi connectivity index (χ4v) is 3.61. The fourth-order valence-electron chi connectivity index (χ4n) is 3.61. The molecule has 0 aromatic heterocycles. The van der Waals surface area contributed by atoms with Crippen molar-refractivity contribution in [2.75, 3.05) is 20.3 Å². The van der Waals surface area contributed by atoms with Gasteiger partial charge in [0.15, 0.2) is 0 Å². The highest BCUT2D eigenvalue weighted by Gasteiger charge is 2.40. The summed E-state index contributed by atoms with van der Waals surface area (Å²) in [5, 5.41) is 10.3. The van der Waals surface area contributed by atoms with Crippen molar-refractivity contribution in [3.05, 3.63) is 0 Å². The van der Waals surface area contributed by atoms with Gasteiger partial charge >= 0.3 is 0 Å². The standard InChI is InChI=1S/C15H28O3/c1-17-10-5-6-14(16)13-7-11-18-15(12-13)8-3-2-4-9-15/h13-14,16H,2-12H2,1H3. The molecule has 2 atom stereocenters. The van der Waals surface area contributed by atoms with E-state index in [9.17, 15) is 5.11 Å². The second-order valence-electron chi connectivity index (χ2n) is 6.05. The van der Waals surface area contributed by atoms with Gasteiger partial charge in [-0.2, -0.15) is 0 Å². The van der Waals surface area contributed by atoms with Crippen LogP contribution in [0.2, 0.25) is 0 Å². The summed E-state index contributed by atoms with van der Waals surface area (Å²) >= 11 is 0. The first kappa shape index (κ1) is 14.3. The lowest BCUT2D eigenvalue weighted by Gasteiger charge is -2.44. The SMILES string of the molecule is COCCCC(O)C1CCOC2(CCCCC2)C1. The summed E-state index contributed by atoms with van der Waals surface area (Å²) in [5.74, 6) is 0.439. The third-order valence-electron chi connectivity index (χ3n) is 4.69. The van der Waals surface area contributed by atoms with Crippen molar-refractivity contribution in [1.29, 1.82) is 0 Å². The van der Waals surface area contributed by atoms with Gasteiger partial charge in [0.2, 0.25) is 0 Å². The van der Waals surface area contributed by atoms with Gasteiger partial charge in [0.05, 0.1) is 11.7 Å². The number of aliphatic hydroxyl groups is 1. The van der Waals surface area contributed by atoms with Crippen LogP contribution in [0.5, 0.6) is 0 Å². The summed E-state index contributed by atoms with van der Waals surface area (Å²) in [6.45, 7) is 1.59. The smallest absolute Gasteiger partial charge is 0.0686 e. The van der Waals surface area contributed by atoms with Crippen LogP contribution in [0, 0.1) is 5.92 Å². The molecule has 1 saturated heterocycles. The molecule has 0 aromatic carbocycles. The first-order chi connectivity index (χ1) is 8.76. The minimum Gasteiger partial charge on any atom is -0.393 e. The molecule has 1 spiro atoms. The van der Waals surface area contributed by atoms with E-state index >= 15 is 0 Å². The van der Waals surface area contributed by atoms with Gasteiger partial charge in [-0.3, -0.25) is 0 Å². The molecule has 18 heavy (non-hydrogen) atoms. The van der Waals surface area contributed by atoms with Crippen LogP contribution in [0.25, 0.3) is 0 Å². The molecule has 2 rings (SSSR count). The van der Waals surface area contributed by atoms with Gasteiger partial charge in [-0.25, -0.2) is 0 Å². The Morgan fingerprint density at radius 1 is 1.33 bits per heavy atom. The van der Waals surface area contributed by atoms with Crippen LogP contribution < -0.4 is 0 Å². The number of aliphatic hydroxyl groups excluding tert-OH is 1. The Balaban J connectivity index is 1.81. The highest BCUT2D eigenvalue weighted by atomic mass is 16.5. The van der Waals surface area contributed by atoms with Crippen LogP contribution in [0.15, 0.2) is 0 Å². The predicted octanol–water partition coefficient (Wildman–Crippen LogP) is 2.90. The molecule has 0 radical (unpaired) electrons. The van der Waals surface area contributed by atoms with E-state index in [0.29, 0.717) is 5.92 Å². The normalized spacial score (nSPS) is 29.3. The van der Waals surface area contributed by atoms with E-state index in [0.717, 1.165) is 38.9 Å². The second kappa shape index (κ2) is 6.88. The molecular formula is C15H28O3. The largest absolute Gasteiger partial charge is 0.393 e. The van der Waals surface area contributed by atoms with Crippen molar-refractivity contribution in [1.82, 2.24) is 0 Å². The van der Waals surface area contributed by atoms with Gasteiger partial charge in [-0.05, 0) is 44.4 Å². The summed E-state index contributed by atoms with van der Waals surface area (Å²) in [4.78, 5) is 0. The third kappa shape index (κ3) is 3.69. The van der Waals surface area contributed by atoms with Crippen LogP contribution >= 0.6 is 0 Å². The molecule has 1 N–H and O–H groups in total. The highest BCUT2D eigenvalue weighted by Crippen LogP contribution is 2.41. The Morgan fingerprint density at radius 3 is 2.83 bits per heavy atom. The van der Waals surface area contributed by atoms with Crippen LogP contribution in [0.1, 0.15) is 57.8 Å². The average molecular weight is 256 g/mol. The molecule has 106 valence electrons. The first-order valence-corrected chi connectivity index (χ1v) is 7.57. The van der Waals surface area contributed by atoms with Crippen molar-refractivity contribution in [3.8, 4) is 0 Å². The van der Waals surface area contributed by atoms with Crippen molar-refractivity contribution in [2.45, 2.75) is 69.5 Å². The van der Waals surface area contributed by atoms with Gasteiger partial charge < -0.3 is 14.6 Å². The van der Waals surface area contributed by atoms with Gasteiger partial charge in [0, 0.05) is 20.3 Å². The lowest BCUT2D eigenvalue weighted by molar-refractivity contribution is -0.134. The Kier molecular flexibility index (Phi) is 5.46. The molecule has 1 heterocycles. The molecule has 2 fully saturated rings. The van der Waals surface area contributed by atoms with E-state index in [1.807, 2.05) is 0 Å². The van der Waals surface area contributed by atoms with E-state index in [1.54, 1.807) is 7.11 Å². The third-order valence-corrected chi connectivity index (χ3v) is 4.69. The van der Waals surface area contributed by atoms with Gasteiger partial charge in [-0.15, -0.1) is 0 Å². The highest BCUT2D eigenvalue weighted by molar-refractivity contribution is 4.91. The average Bonchev–Trinajstić information content (AvgIpc) is 2.40. The molecule has 3 nitrogen and oxygen atoms in total. The van der Waals surface area contributed by atoms with Crippen LogP contribution in [-0.2, 0) is 9.47 Å². The maximum Gasteiger partial charge on any atom is 0.0686 e. The number of rotatable bonds is 5. The van der Waals surface area contributed by atoms with Crippen molar-refractivity contribution < 1.29 is 14.6 Å². The van der Waals surface area contributed by atoms with Crippen LogP contribution in [-0.4, -0.2) is 37.1 Å². The Labute approximate surface area is 111 Å². The number of hydrogen-bond donors (Lipinski definition) is 1. The molecule has 1 aliphatic heterocycles. The van der Waals surface area contributed by atoms with Crippen LogP contribution in [0.4, 0.5) is 0 Å². The number of hydrogen-bond acceptors (Lipinski definition) is 3. The van der Waals surface area contributed by atoms with E-state index in [1.165, 1.54) is 32.1 Å². The van der Waals surface area contributed by atoms with Gasteiger partial charge in [-0.1, -0.05) is 19.3 Å². The van der Waals surface area contributed by atoms with E-state index in [2.05, 4.69) is 0 Å². The van der Waals surface area contributed by atoms with Crippen molar-refractivity contribution in [3.63, 3.8) is 0 Å². The van der Waals surface area contributed by atoms with Gasteiger partial charge in [0.25, 0.3) is 0 Å². The van der Waals surface area contributed by atoms with Crippen LogP contribution in [0.3, 0.4) is 0 Å². The molecule has 0 amide bonds. The summed E-state index contributed by atoms with van der Waals surface area (Å²) in [6.07, 6.45) is 10.1. The van der Waals surface area contributed by atoms with E-state index in [4.69, 9.17) is 9.47 Å². The minimum atomic E-state index is -0.164. The molecule has 0 aromatic rings. The molecule has 1 saturated carbocycles. The minimum absolute atomic E-state index is 0.114. The topological polar surface area (TPSA) is 38.7 Å². The maximum atomic E-state index is 10.3. The number of ether oxygens (including phenoxy) is 2. The summed E-state index contributed by atoms with van der Waals surface area (Å²) < 4.78 is 11.1.